The fourth-order valence-electron chi connectivity index (χ4n) is 3.05. The molecule has 2 aromatic carbocycles. The Labute approximate surface area is 187 Å². The van der Waals surface area contributed by atoms with Crippen LogP contribution in [0.1, 0.15) is 27.7 Å². The molecule has 1 amide bonds. The van der Waals surface area contributed by atoms with Crippen molar-refractivity contribution in [2.45, 2.75) is 24.8 Å². The molecular weight excluding hydrogens is 432 g/mol. The van der Waals surface area contributed by atoms with E-state index in [-0.39, 0.29) is 10.8 Å². The van der Waals surface area contributed by atoms with Gasteiger partial charge in [0.2, 0.25) is 10.0 Å². The first-order valence-electron chi connectivity index (χ1n) is 9.98. The average Bonchev–Trinajstić information content (AvgIpc) is 3.28. The quantitative estimate of drug-likeness (QED) is 0.499. The highest BCUT2D eigenvalue weighted by Crippen LogP contribution is 2.16. The zero-order valence-corrected chi connectivity index (χ0v) is 19.2. The minimum absolute atomic E-state index is 0.143. The van der Waals surface area contributed by atoms with Crippen molar-refractivity contribution in [1.82, 2.24) is 9.62 Å². The smallest absolute Gasteiger partial charge is 0.253 e. The standard InChI is InChI=1S/C23H26N2O4S2/c1-3-29-20-10-6-18(7-11-20)17-25(2)23(26)19-8-12-22(13-9-19)31(27,28)24-15-14-21-5-4-16-30-21/h4-13,16,24H,3,14-15,17H2,1-2H3. The highest BCUT2D eigenvalue weighted by Gasteiger charge is 2.16. The van der Waals surface area contributed by atoms with Crippen molar-refractivity contribution in [1.29, 1.82) is 0 Å². The number of sulfonamides is 1. The summed E-state index contributed by atoms with van der Waals surface area (Å²) in [5.74, 6) is 0.615. The molecule has 0 saturated heterocycles. The lowest BCUT2D eigenvalue weighted by Gasteiger charge is -2.18. The molecular formula is C23H26N2O4S2. The van der Waals surface area contributed by atoms with Crippen LogP contribution in [0.3, 0.4) is 0 Å². The van der Waals surface area contributed by atoms with Crippen LogP contribution >= 0.6 is 11.3 Å². The molecule has 1 aromatic heterocycles. The minimum Gasteiger partial charge on any atom is -0.494 e. The van der Waals surface area contributed by atoms with Crippen LogP contribution in [-0.2, 0) is 23.0 Å². The van der Waals surface area contributed by atoms with Gasteiger partial charge in [0.25, 0.3) is 5.91 Å². The van der Waals surface area contributed by atoms with Gasteiger partial charge < -0.3 is 9.64 Å². The van der Waals surface area contributed by atoms with Crippen LogP contribution in [0.5, 0.6) is 5.75 Å². The van der Waals surface area contributed by atoms with Gasteiger partial charge in [-0.05, 0) is 66.8 Å². The third-order valence-electron chi connectivity index (χ3n) is 4.66. The average molecular weight is 459 g/mol. The summed E-state index contributed by atoms with van der Waals surface area (Å²) in [6.45, 7) is 3.30. The van der Waals surface area contributed by atoms with Gasteiger partial charge in [-0.1, -0.05) is 18.2 Å². The number of hydrogen-bond acceptors (Lipinski definition) is 5. The van der Waals surface area contributed by atoms with E-state index in [1.165, 1.54) is 12.1 Å². The molecule has 0 atom stereocenters. The van der Waals surface area contributed by atoms with Crippen LogP contribution in [0.2, 0.25) is 0 Å². The topological polar surface area (TPSA) is 75.7 Å². The molecule has 0 aliphatic heterocycles. The van der Waals surface area contributed by atoms with Crippen LogP contribution in [-0.4, -0.2) is 39.4 Å². The van der Waals surface area contributed by atoms with E-state index in [1.54, 1.807) is 35.4 Å². The minimum atomic E-state index is -3.62. The van der Waals surface area contributed by atoms with E-state index in [9.17, 15) is 13.2 Å². The van der Waals surface area contributed by atoms with Gasteiger partial charge >= 0.3 is 0 Å². The van der Waals surface area contributed by atoms with Gasteiger partial charge in [0, 0.05) is 30.6 Å². The van der Waals surface area contributed by atoms with Gasteiger partial charge in [-0.2, -0.15) is 0 Å². The second-order valence-electron chi connectivity index (χ2n) is 6.99. The number of carbonyl (C=O) groups excluding carboxylic acids is 1. The zero-order valence-electron chi connectivity index (χ0n) is 17.6. The van der Waals surface area contributed by atoms with E-state index in [2.05, 4.69) is 4.72 Å². The third kappa shape index (κ3) is 6.40. The number of thiophene rings is 1. The Balaban J connectivity index is 1.58. The number of nitrogens with one attached hydrogen (secondary N) is 1. The van der Waals surface area contributed by atoms with E-state index in [1.807, 2.05) is 48.7 Å². The van der Waals surface area contributed by atoms with Crippen molar-refractivity contribution in [3.05, 3.63) is 82.0 Å². The maximum atomic E-state index is 12.7. The molecule has 8 heteroatoms. The molecule has 164 valence electrons. The van der Waals surface area contributed by atoms with E-state index >= 15 is 0 Å². The first-order chi connectivity index (χ1) is 14.9. The molecule has 0 unspecified atom stereocenters. The molecule has 0 aliphatic rings. The first-order valence-corrected chi connectivity index (χ1v) is 12.3. The van der Waals surface area contributed by atoms with E-state index in [0.717, 1.165) is 16.2 Å². The van der Waals surface area contributed by atoms with Gasteiger partial charge in [-0.25, -0.2) is 13.1 Å². The maximum Gasteiger partial charge on any atom is 0.253 e. The highest BCUT2D eigenvalue weighted by molar-refractivity contribution is 7.89. The largest absolute Gasteiger partial charge is 0.494 e. The summed E-state index contributed by atoms with van der Waals surface area (Å²) in [5, 5.41) is 1.96. The van der Waals surface area contributed by atoms with Crippen molar-refractivity contribution in [2.24, 2.45) is 0 Å². The van der Waals surface area contributed by atoms with Crippen molar-refractivity contribution in [3.63, 3.8) is 0 Å². The summed E-state index contributed by atoms with van der Waals surface area (Å²) in [4.78, 5) is 15.6. The molecule has 0 spiro atoms. The Morgan fingerprint density at radius 1 is 1.06 bits per heavy atom. The monoisotopic (exact) mass is 458 g/mol. The number of amides is 1. The second-order valence-corrected chi connectivity index (χ2v) is 9.79. The number of benzene rings is 2. The summed E-state index contributed by atoms with van der Waals surface area (Å²) >= 11 is 1.60. The van der Waals surface area contributed by atoms with E-state index in [0.29, 0.717) is 31.7 Å². The first kappa shape index (κ1) is 23.0. The summed E-state index contributed by atoms with van der Waals surface area (Å²) in [7, 11) is -1.90. The lowest BCUT2D eigenvalue weighted by atomic mass is 10.1. The highest BCUT2D eigenvalue weighted by atomic mass is 32.2. The zero-order chi connectivity index (χ0) is 22.3. The molecule has 3 aromatic rings. The molecule has 1 heterocycles. The SMILES string of the molecule is CCOc1ccc(CN(C)C(=O)c2ccc(S(=O)(=O)NCCc3cccs3)cc2)cc1. The summed E-state index contributed by atoms with van der Waals surface area (Å²) in [5.41, 5.74) is 1.42. The van der Waals surface area contributed by atoms with Crippen LogP contribution in [0.4, 0.5) is 0 Å². The maximum absolute atomic E-state index is 12.7. The van der Waals surface area contributed by atoms with Gasteiger partial charge in [0.1, 0.15) is 5.75 Å². The molecule has 0 saturated carbocycles. The van der Waals surface area contributed by atoms with Crippen LogP contribution in [0, 0.1) is 0 Å². The number of nitrogens with zero attached hydrogens (tertiary/aromatic N) is 1. The van der Waals surface area contributed by atoms with Gasteiger partial charge in [-0.15, -0.1) is 11.3 Å². The third-order valence-corrected chi connectivity index (χ3v) is 7.07. The van der Waals surface area contributed by atoms with Crippen molar-refractivity contribution in [3.8, 4) is 5.75 Å². The fraction of sp³-hybridized carbons (Fsp3) is 0.261. The number of hydrogen-bond donors (Lipinski definition) is 1. The Morgan fingerprint density at radius 3 is 2.39 bits per heavy atom. The fourth-order valence-corrected chi connectivity index (χ4v) is 4.79. The van der Waals surface area contributed by atoms with Crippen LogP contribution in [0.25, 0.3) is 0 Å². The summed E-state index contributed by atoms with van der Waals surface area (Å²) in [6.07, 6.45) is 0.643. The van der Waals surface area contributed by atoms with Gasteiger partial charge in [-0.3, -0.25) is 4.79 Å². The normalized spacial score (nSPS) is 11.3. The summed E-state index contributed by atoms with van der Waals surface area (Å²) in [6, 6.07) is 17.5. The lowest BCUT2D eigenvalue weighted by Crippen LogP contribution is -2.27. The Bertz CT molecular complexity index is 1080. The van der Waals surface area contributed by atoms with Crippen molar-refractivity contribution in [2.75, 3.05) is 20.2 Å². The Hall–Kier alpha value is -2.68. The Morgan fingerprint density at radius 2 is 1.77 bits per heavy atom. The molecule has 31 heavy (non-hydrogen) atoms. The number of carbonyl (C=O) groups is 1. The molecule has 0 aliphatic carbocycles. The molecule has 0 fully saturated rings. The predicted octanol–water partition coefficient (Wildman–Crippen LogP) is 3.94. The summed E-state index contributed by atoms with van der Waals surface area (Å²) < 4.78 is 33.0. The Kier molecular flexibility index (Phi) is 7.84. The predicted molar refractivity (Wildman–Crippen MR) is 123 cm³/mol. The van der Waals surface area contributed by atoms with Crippen LogP contribution < -0.4 is 9.46 Å². The number of rotatable bonds is 10. The molecule has 0 bridgehead atoms. The van der Waals surface area contributed by atoms with E-state index in [4.69, 9.17) is 4.74 Å². The molecule has 6 nitrogen and oxygen atoms in total. The van der Waals surface area contributed by atoms with Crippen molar-refractivity contribution < 1.29 is 17.9 Å². The van der Waals surface area contributed by atoms with E-state index < -0.39 is 10.0 Å². The molecule has 3 rings (SSSR count). The molecule has 0 radical (unpaired) electrons. The number of ether oxygens (including phenoxy) is 1. The van der Waals surface area contributed by atoms with Crippen LogP contribution in [0.15, 0.2) is 70.9 Å². The molecule has 1 N–H and O–H groups in total. The van der Waals surface area contributed by atoms with Crippen molar-refractivity contribution >= 4 is 27.3 Å². The lowest BCUT2D eigenvalue weighted by molar-refractivity contribution is 0.0785. The van der Waals surface area contributed by atoms with Gasteiger partial charge in [0.15, 0.2) is 0 Å². The second kappa shape index (κ2) is 10.6. The van der Waals surface area contributed by atoms with Gasteiger partial charge in [0.05, 0.1) is 11.5 Å².